The van der Waals surface area contributed by atoms with Crippen LogP contribution in [0.5, 0.6) is 0 Å². The van der Waals surface area contributed by atoms with Crippen molar-refractivity contribution in [3.05, 3.63) is 64.5 Å². The van der Waals surface area contributed by atoms with Gasteiger partial charge >= 0.3 is 0 Å². The summed E-state index contributed by atoms with van der Waals surface area (Å²) < 4.78 is 13.4. The Kier molecular flexibility index (Phi) is 8.32. The van der Waals surface area contributed by atoms with Crippen LogP contribution in [0.3, 0.4) is 0 Å². The number of nitrogens with zero attached hydrogens (tertiary/aromatic N) is 1. The van der Waals surface area contributed by atoms with Crippen LogP contribution in [0.1, 0.15) is 29.2 Å². The van der Waals surface area contributed by atoms with Gasteiger partial charge in [-0.1, -0.05) is 37.3 Å². The standard InChI is InChI=1S/C18H21FN2.CH4N2O/c1-4-14-6-5-7-18(21(3)20)17(14)11-9-15-12-16(19)10-8-13(15)2;2-3-1-4/h5-12H,4,20H2,1-3H3;1H,2H2,(H,3,4)/b11-9+;. The molecule has 0 fully saturated rings. The van der Waals surface area contributed by atoms with E-state index in [0.29, 0.717) is 6.41 Å². The summed E-state index contributed by atoms with van der Waals surface area (Å²) in [7, 11) is 1.82. The van der Waals surface area contributed by atoms with Gasteiger partial charge in [0.1, 0.15) is 5.82 Å². The molecule has 0 saturated heterocycles. The number of anilines is 1. The van der Waals surface area contributed by atoms with Crippen LogP contribution in [0.2, 0.25) is 0 Å². The molecule has 0 aromatic heterocycles. The van der Waals surface area contributed by atoms with Crippen LogP contribution in [0.15, 0.2) is 36.4 Å². The molecule has 0 aliphatic heterocycles. The molecule has 134 valence electrons. The lowest BCUT2D eigenvalue weighted by atomic mass is 10.0. The smallest absolute Gasteiger partial charge is 0.221 e. The van der Waals surface area contributed by atoms with E-state index in [0.717, 1.165) is 28.8 Å². The van der Waals surface area contributed by atoms with Crippen LogP contribution in [0.25, 0.3) is 12.2 Å². The van der Waals surface area contributed by atoms with Crippen LogP contribution in [0.4, 0.5) is 10.1 Å². The number of carbonyl (C=O) groups excluding carboxylic acids is 1. The number of rotatable bonds is 5. The molecule has 0 atom stereocenters. The average molecular weight is 344 g/mol. The van der Waals surface area contributed by atoms with Crippen molar-refractivity contribution in [3.8, 4) is 0 Å². The molecule has 0 aliphatic rings. The Morgan fingerprint density at radius 2 is 1.92 bits per heavy atom. The minimum atomic E-state index is -0.222. The zero-order chi connectivity index (χ0) is 18.8. The zero-order valence-electron chi connectivity index (χ0n) is 14.8. The van der Waals surface area contributed by atoms with Crippen LogP contribution in [-0.4, -0.2) is 13.5 Å². The van der Waals surface area contributed by atoms with E-state index in [4.69, 9.17) is 10.6 Å². The number of nitrogens with two attached hydrogens (primary N) is 2. The fourth-order valence-corrected chi connectivity index (χ4v) is 2.37. The summed E-state index contributed by atoms with van der Waals surface area (Å²) in [4.78, 5) is 8.94. The molecule has 0 spiro atoms. The van der Waals surface area contributed by atoms with Gasteiger partial charge in [-0.05, 0) is 48.2 Å². The second-order valence-corrected chi connectivity index (χ2v) is 5.43. The van der Waals surface area contributed by atoms with Gasteiger partial charge in [-0.3, -0.25) is 10.2 Å². The summed E-state index contributed by atoms with van der Waals surface area (Å²) in [6.07, 6.45) is 5.28. The molecule has 0 unspecified atom stereocenters. The third-order valence-electron chi connectivity index (χ3n) is 3.67. The minimum absolute atomic E-state index is 0.222. The molecule has 2 rings (SSSR count). The summed E-state index contributed by atoms with van der Waals surface area (Å²) in [5, 5.41) is 1.61. The molecule has 0 aliphatic carbocycles. The van der Waals surface area contributed by atoms with E-state index in [1.807, 2.05) is 38.3 Å². The number of benzene rings is 2. The summed E-state index contributed by atoms with van der Waals surface area (Å²) >= 11 is 0. The third-order valence-corrected chi connectivity index (χ3v) is 3.67. The van der Waals surface area contributed by atoms with Crippen molar-refractivity contribution in [3.63, 3.8) is 0 Å². The van der Waals surface area contributed by atoms with Crippen molar-refractivity contribution in [2.45, 2.75) is 20.3 Å². The fraction of sp³-hybridized carbons (Fsp3) is 0.211. The topological polar surface area (TPSA) is 84.4 Å². The second-order valence-electron chi connectivity index (χ2n) is 5.43. The number of hydrogen-bond acceptors (Lipinski definition) is 4. The van der Waals surface area contributed by atoms with Crippen LogP contribution < -0.4 is 22.1 Å². The minimum Gasteiger partial charge on any atom is -0.314 e. The van der Waals surface area contributed by atoms with Crippen molar-refractivity contribution in [2.24, 2.45) is 11.7 Å². The Bertz CT molecular complexity index is 729. The zero-order valence-corrected chi connectivity index (χ0v) is 14.8. The quantitative estimate of drug-likeness (QED) is 0.256. The first-order valence-corrected chi connectivity index (χ1v) is 7.88. The molecule has 5 N–H and O–H groups in total. The molecule has 1 amide bonds. The number of carbonyl (C=O) groups is 1. The van der Waals surface area contributed by atoms with Crippen molar-refractivity contribution in [1.29, 1.82) is 0 Å². The molecule has 25 heavy (non-hydrogen) atoms. The first-order valence-electron chi connectivity index (χ1n) is 7.88. The number of aryl methyl sites for hydroxylation is 2. The maximum atomic E-state index is 13.4. The summed E-state index contributed by atoms with van der Waals surface area (Å²) in [6.45, 7) is 4.08. The van der Waals surface area contributed by atoms with E-state index >= 15 is 0 Å². The molecule has 0 heterocycles. The third kappa shape index (κ3) is 6.02. The highest BCUT2D eigenvalue weighted by molar-refractivity contribution is 5.79. The van der Waals surface area contributed by atoms with Crippen LogP contribution >= 0.6 is 0 Å². The molecule has 0 radical (unpaired) electrons. The SMILES string of the molecule is CCc1cccc(N(C)N)c1/C=C/c1cc(F)ccc1C.NNC=O. The van der Waals surface area contributed by atoms with E-state index in [2.05, 4.69) is 18.8 Å². The highest BCUT2D eigenvalue weighted by Gasteiger charge is 2.07. The molecule has 0 bridgehead atoms. The molecule has 0 saturated carbocycles. The number of amides is 1. The lowest BCUT2D eigenvalue weighted by Gasteiger charge is -2.17. The Hall–Kier alpha value is -2.70. The van der Waals surface area contributed by atoms with Gasteiger partial charge in [-0.25, -0.2) is 16.1 Å². The Balaban J connectivity index is 0.000000705. The lowest BCUT2D eigenvalue weighted by Crippen LogP contribution is -2.26. The fourth-order valence-electron chi connectivity index (χ4n) is 2.37. The number of halogens is 1. The lowest BCUT2D eigenvalue weighted by molar-refractivity contribution is -0.109. The number of hydrogen-bond donors (Lipinski definition) is 3. The van der Waals surface area contributed by atoms with Gasteiger partial charge in [0.25, 0.3) is 0 Å². The van der Waals surface area contributed by atoms with Gasteiger partial charge in [0.2, 0.25) is 6.41 Å². The predicted octanol–water partition coefficient (Wildman–Crippen LogP) is 2.78. The second kappa shape index (κ2) is 10.2. The highest BCUT2D eigenvalue weighted by atomic mass is 19.1. The van der Waals surface area contributed by atoms with Crippen LogP contribution in [0, 0.1) is 12.7 Å². The van der Waals surface area contributed by atoms with Gasteiger partial charge < -0.3 is 5.01 Å². The molecule has 5 nitrogen and oxygen atoms in total. The van der Waals surface area contributed by atoms with Gasteiger partial charge in [0, 0.05) is 12.6 Å². The normalized spacial score (nSPS) is 10.2. The van der Waals surface area contributed by atoms with E-state index in [1.165, 1.54) is 11.6 Å². The highest BCUT2D eigenvalue weighted by Crippen LogP contribution is 2.25. The van der Waals surface area contributed by atoms with E-state index in [-0.39, 0.29) is 5.82 Å². The van der Waals surface area contributed by atoms with Gasteiger partial charge in [0.05, 0.1) is 5.69 Å². The van der Waals surface area contributed by atoms with Crippen molar-refractivity contribution < 1.29 is 9.18 Å². The van der Waals surface area contributed by atoms with Crippen molar-refractivity contribution in [1.82, 2.24) is 5.43 Å². The predicted molar refractivity (Wildman–Crippen MR) is 102 cm³/mol. The average Bonchev–Trinajstić information content (AvgIpc) is 2.62. The van der Waals surface area contributed by atoms with Crippen molar-refractivity contribution in [2.75, 3.05) is 12.1 Å². The largest absolute Gasteiger partial charge is 0.314 e. The molecule has 6 heteroatoms. The molecule has 2 aromatic rings. The van der Waals surface area contributed by atoms with Gasteiger partial charge in [-0.15, -0.1) is 0 Å². The van der Waals surface area contributed by atoms with E-state index in [9.17, 15) is 4.39 Å². The number of hydrazine groups is 2. The van der Waals surface area contributed by atoms with E-state index in [1.54, 1.807) is 22.6 Å². The Labute approximate surface area is 148 Å². The van der Waals surface area contributed by atoms with Crippen molar-refractivity contribution >= 4 is 24.2 Å². The van der Waals surface area contributed by atoms with Gasteiger partial charge in [0.15, 0.2) is 0 Å². The van der Waals surface area contributed by atoms with Gasteiger partial charge in [-0.2, -0.15) is 0 Å². The van der Waals surface area contributed by atoms with Crippen LogP contribution in [-0.2, 0) is 11.2 Å². The Morgan fingerprint density at radius 1 is 1.24 bits per heavy atom. The number of nitrogens with one attached hydrogen (secondary N) is 1. The Morgan fingerprint density at radius 3 is 2.48 bits per heavy atom. The first kappa shape index (κ1) is 20.3. The maximum Gasteiger partial charge on any atom is 0.221 e. The monoisotopic (exact) mass is 344 g/mol. The molecule has 2 aromatic carbocycles. The summed E-state index contributed by atoms with van der Waals surface area (Å²) in [6, 6.07) is 10.9. The molecular formula is C19H25FN4O. The summed E-state index contributed by atoms with van der Waals surface area (Å²) in [5.74, 6) is 10.1. The first-order chi connectivity index (χ1) is 11.9. The molecular weight excluding hydrogens is 319 g/mol. The van der Waals surface area contributed by atoms with E-state index < -0.39 is 0 Å². The maximum absolute atomic E-state index is 13.4. The summed E-state index contributed by atoms with van der Waals surface area (Å²) in [5.41, 5.74) is 6.93.